The molecule has 6 nitrogen and oxygen atoms in total. The topological polar surface area (TPSA) is 69.0 Å². The summed E-state index contributed by atoms with van der Waals surface area (Å²) in [6.45, 7) is 3.60. The third kappa shape index (κ3) is 2.88. The van der Waals surface area contributed by atoms with E-state index in [9.17, 15) is 4.79 Å². The molecular weight excluding hydrogens is 304 g/mol. The third-order valence-electron chi connectivity index (χ3n) is 4.82. The van der Waals surface area contributed by atoms with Gasteiger partial charge < -0.3 is 14.6 Å². The summed E-state index contributed by atoms with van der Waals surface area (Å²) in [6.07, 6.45) is 4.01. The summed E-state index contributed by atoms with van der Waals surface area (Å²) < 4.78 is 7.67. The molecule has 0 saturated carbocycles. The van der Waals surface area contributed by atoms with Crippen LogP contribution in [0.3, 0.4) is 0 Å². The maximum absolute atomic E-state index is 12.4. The van der Waals surface area contributed by atoms with Crippen molar-refractivity contribution in [3.05, 3.63) is 41.0 Å². The Morgan fingerprint density at radius 2 is 2.29 bits per heavy atom. The molecule has 0 radical (unpaired) electrons. The molecule has 1 amide bonds. The van der Waals surface area contributed by atoms with Crippen molar-refractivity contribution in [2.45, 2.75) is 51.6 Å². The van der Waals surface area contributed by atoms with Crippen LogP contribution < -0.4 is 10.1 Å². The SMILES string of the molecule is CCc1nnc2n1C[C@@H](NC(=O)Cc1ccc3c(c1)CCO3)CC2. The second-order valence-electron chi connectivity index (χ2n) is 6.52. The van der Waals surface area contributed by atoms with Gasteiger partial charge in [0.15, 0.2) is 0 Å². The van der Waals surface area contributed by atoms with Gasteiger partial charge in [-0.3, -0.25) is 4.79 Å². The van der Waals surface area contributed by atoms with Gasteiger partial charge in [-0.1, -0.05) is 19.1 Å². The minimum Gasteiger partial charge on any atom is -0.493 e. The maximum Gasteiger partial charge on any atom is 0.224 e. The van der Waals surface area contributed by atoms with Gasteiger partial charge in [0.2, 0.25) is 5.91 Å². The molecule has 6 heteroatoms. The van der Waals surface area contributed by atoms with Gasteiger partial charge in [0.05, 0.1) is 13.0 Å². The van der Waals surface area contributed by atoms with Crippen LogP contribution in [0, 0.1) is 0 Å². The first-order chi connectivity index (χ1) is 11.7. The van der Waals surface area contributed by atoms with Gasteiger partial charge >= 0.3 is 0 Å². The van der Waals surface area contributed by atoms with Crippen molar-refractivity contribution in [2.75, 3.05) is 6.61 Å². The van der Waals surface area contributed by atoms with Gasteiger partial charge in [0, 0.05) is 31.8 Å². The van der Waals surface area contributed by atoms with Crippen molar-refractivity contribution in [1.82, 2.24) is 20.1 Å². The molecule has 0 bridgehead atoms. The van der Waals surface area contributed by atoms with Crippen LogP contribution in [0.15, 0.2) is 18.2 Å². The number of hydrogen-bond acceptors (Lipinski definition) is 4. The second kappa shape index (κ2) is 6.26. The summed E-state index contributed by atoms with van der Waals surface area (Å²) in [4.78, 5) is 12.4. The maximum atomic E-state index is 12.4. The van der Waals surface area contributed by atoms with Crippen LogP contribution in [0.25, 0.3) is 0 Å². The zero-order valence-electron chi connectivity index (χ0n) is 13.9. The molecule has 126 valence electrons. The first-order valence-electron chi connectivity index (χ1n) is 8.68. The average Bonchev–Trinajstić information content (AvgIpc) is 3.20. The molecule has 2 aliphatic rings. The number of nitrogens with zero attached hydrogens (tertiary/aromatic N) is 3. The smallest absolute Gasteiger partial charge is 0.224 e. The number of ether oxygens (including phenoxy) is 1. The van der Waals surface area contributed by atoms with Gasteiger partial charge in [-0.15, -0.1) is 10.2 Å². The number of benzene rings is 1. The fourth-order valence-electron chi connectivity index (χ4n) is 3.58. The van der Waals surface area contributed by atoms with Crippen LogP contribution in [0.5, 0.6) is 5.75 Å². The summed E-state index contributed by atoms with van der Waals surface area (Å²) in [5, 5.41) is 11.6. The number of hydrogen-bond donors (Lipinski definition) is 1. The van der Waals surface area contributed by atoms with Crippen molar-refractivity contribution in [1.29, 1.82) is 0 Å². The zero-order valence-corrected chi connectivity index (χ0v) is 13.9. The molecular formula is C18H22N4O2. The Kier molecular flexibility index (Phi) is 3.96. The highest BCUT2D eigenvalue weighted by Crippen LogP contribution is 2.26. The fraction of sp³-hybridized carbons (Fsp3) is 0.500. The normalized spacial score (nSPS) is 18.6. The Bertz CT molecular complexity index is 755. The lowest BCUT2D eigenvalue weighted by Gasteiger charge is -2.25. The number of carbonyl (C=O) groups is 1. The van der Waals surface area contributed by atoms with E-state index in [1.165, 1.54) is 5.56 Å². The Morgan fingerprint density at radius 1 is 1.38 bits per heavy atom. The molecule has 1 aromatic heterocycles. The lowest BCUT2D eigenvalue weighted by atomic mass is 10.0. The summed E-state index contributed by atoms with van der Waals surface area (Å²) in [7, 11) is 0. The highest BCUT2D eigenvalue weighted by molar-refractivity contribution is 5.79. The van der Waals surface area contributed by atoms with Crippen molar-refractivity contribution in [3.8, 4) is 5.75 Å². The van der Waals surface area contributed by atoms with Gasteiger partial charge in [-0.2, -0.15) is 0 Å². The summed E-state index contributed by atoms with van der Waals surface area (Å²) >= 11 is 0. The highest BCUT2D eigenvalue weighted by atomic mass is 16.5. The van der Waals surface area contributed by atoms with Crippen LogP contribution in [0.1, 0.15) is 36.1 Å². The number of fused-ring (bicyclic) bond motifs is 2. The molecule has 0 fully saturated rings. The lowest BCUT2D eigenvalue weighted by Crippen LogP contribution is -2.42. The summed E-state index contributed by atoms with van der Waals surface area (Å²) in [5.41, 5.74) is 2.26. The molecule has 1 aromatic carbocycles. The predicted molar refractivity (Wildman–Crippen MR) is 89.0 cm³/mol. The number of amides is 1. The fourth-order valence-corrected chi connectivity index (χ4v) is 3.58. The van der Waals surface area contributed by atoms with Crippen LogP contribution in [-0.2, 0) is 37.0 Å². The number of aromatic nitrogens is 3. The van der Waals surface area contributed by atoms with E-state index in [2.05, 4.69) is 33.1 Å². The van der Waals surface area contributed by atoms with Crippen LogP contribution in [-0.4, -0.2) is 33.3 Å². The summed E-state index contributed by atoms with van der Waals surface area (Å²) in [6, 6.07) is 6.21. The van der Waals surface area contributed by atoms with E-state index in [0.29, 0.717) is 6.42 Å². The zero-order chi connectivity index (χ0) is 16.5. The van der Waals surface area contributed by atoms with Gasteiger partial charge in [0.1, 0.15) is 17.4 Å². The van der Waals surface area contributed by atoms with E-state index < -0.39 is 0 Å². The van der Waals surface area contributed by atoms with E-state index in [0.717, 1.165) is 61.8 Å². The van der Waals surface area contributed by atoms with E-state index in [1.807, 2.05) is 12.1 Å². The molecule has 1 N–H and O–H groups in total. The Hall–Kier alpha value is -2.37. The van der Waals surface area contributed by atoms with Crippen LogP contribution in [0.4, 0.5) is 0 Å². The molecule has 3 heterocycles. The Morgan fingerprint density at radius 3 is 3.17 bits per heavy atom. The molecule has 2 aliphatic heterocycles. The van der Waals surface area contributed by atoms with E-state index in [-0.39, 0.29) is 11.9 Å². The van der Waals surface area contributed by atoms with Crippen LogP contribution in [0.2, 0.25) is 0 Å². The minimum absolute atomic E-state index is 0.0773. The molecule has 4 rings (SSSR count). The van der Waals surface area contributed by atoms with Gasteiger partial charge in [0.25, 0.3) is 0 Å². The van der Waals surface area contributed by atoms with Crippen molar-refractivity contribution in [3.63, 3.8) is 0 Å². The monoisotopic (exact) mass is 326 g/mol. The second-order valence-corrected chi connectivity index (χ2v) is 6.52. The molecule has 0 aliphatic carbocycles. The molecule has 0 saturated heterocycles. The summed E-state index contributed by atoms with van der Waals surface area (Å²) in [5.74, 6) is 3.07. The minimum atomic E-state index is 0.0773. The van der Waals surface area contributed by atoms with E-state index in [4.69, 9.17) is 4.74 Å². The average molecular weight is 326 g/mol. The predicted octanol–water partition coefficient (Wildman–Crippen LogP) is 1.45. The van der Waals surface area contributed by atoms with E-state index >= 15 is 0 Å². The standard InChI is InChI=1S/C18H22N4O2/c1-2-16-20-21-17-6-4-14(11-22(16)17)19-18(23)10-12-3-5-15-13(9-12)7-8-24-15/h3,5,9,14H,2,4,6-8,10-11H2,1H3,(H,19,23)/t14-/m0/s1. The van der Waals surface area contributed by atoms with Gasteiger partial charge in [-0.25, -0.2) is 0 Å². The molecule has 1 atom stereocenters. The largest absolute Gasteiger partial charge is 0.493 e. The third-order valence-corrected chi connectivity index (χ3v) is 4.82. The molecule has 2 aromatic rings. The number of rotatable bonds is 4. The Balaban J connectivity index is 1.38. The number of carbonyl (C=O) groups excluding carboxylic acids is 1. The van der Waals surface area contributed by atoms with Crippen molar-refractivity contribution in [2.24, 2.45) is 0 Å². The number of aryl methyl sites for hydroxylation is 2. The molecule has 0 spiro atoms. The van der Waals surface area contributed by atoms with E-state index in [1.54, 1.807) is 0 Å². The lowest BCUT2D eigenvalue weighted by molar-refractivity contribution is -0.121. The van der Waals surface area contributed by atoms with Crippen molar-refractivity contribution < 1.29 is 9.53 Å². The quantitative estimate of drug-likeness (QED) is 0.923. The van der Waals surface area contributed by atoms with Crippen LogP contribution >= 0.6 is 0 Å². The van der Waals surface area contributed by atoms with Crippen molar-refractivity contribution >= 4 is 5.91 Å². The first-order valence-corrected chi connectivity index (χ1v) is 8.68. The first kappa shape index (κ1) is 15.2. The molecule has 0 unspecified atom stereocenters. The Labute approximate surface area is 141 Å². The van der Waals surface area contributed by atoms with Gasteiger partial charge in [-0.05, 0) is 23.6 Å². The molecule has 24 heavy (non-hydrogen) atoms. The highest BCUT2D eigenvalue weighted by Gasteiger charge is 2.23. The number of nitrogens with one attached hydrogen (secondary N) is 1.